The summed E-state index contributed by atoms with van der Waals surface area (Å²) in [4.78, 5) is 18.0. The molecule has 1 aromatic heterocycles. The molecule has 1 aliphatic heterocycles. The molecule has 0 spiro atoms. The van der Waals surface area contributed by atoms with E-state index in [4.69, 9.17) is 0 Å². The first-order valence-electron chi connectivity index (χ1n) is 8.41. The van der Waals surface area contributed by atoms with Gasteiger partial charge in [-0.1, -0.05) is 13.3 Å². The van der Waals surface area contributed by atoms with Crippen molar-refractivity contribution in [3.63, 3.8) is 0 Å². The van der Waals surface area contributed by atoms with Crippen molar-refractivity contribution in [1.29, 1.82) is 0 Å². The molecule has 1 aliphatic rings. The minimum absolute atomic E-state index is 0.135. The summed E-state index contributed by atoms with van der Waals surface area (Å²) in [5, 5.41) is 2.86. The van der Waals surface area contributed by atoms with Gasteiger partial charge in [0.2, 0.25) is 10.0 Å². The zero-order valence-electron chi connectivity index (χ0n) is 14.1. The van der Waals surface area contributed by atoms with Gasteiger partial charge in [-0.3, -0.25) is 14.7 Å². The fourth-order valence-electron chi connectivity index (χ4n) is 2.61. The van der Waals surface area contributed by atoms with Crippen molar-refractivity contribution in [3.05, 3.63) is 30.1 Å². The minimum atomic E-state index is -3.11. The average molecular weight is 354 g/mol. The van der Waals surface area contributed by atoms with E-state index in [1.807, 2.05) is 6.92 Å². The van der Waals surface area contributed by atoms with E-state index in [0.717, 1.165) is 13.0 Å². The molecule has 0 saturated carbocycles. The summed E-state index contributed by atoms with van der Waals surface area (Å²) < 4.78 is 25.9. The lowest BCUT2D eigenvalue weighted by Gasteiger charge is -2.34. The van der Waals surface area contributed by atoms with E-state index in [0.29, 0.717) is 44.7 Å². The molecule has 1 N–H and O–H groups in total. The minimum Gasteiger partial charge on any atom is -0.351 e. The SMILES string of the molecule is CCCCS(=O)(=O)N1CCN(CCNC(=O)c2cccnc2)CC1. The molecule has 134 valence electrons. The molecule has 0 atom stereocenters. The Morgan fingerprint density at radius 2 is 2.04 bits per heavy atom. The van der Waals surface area contributed by atoms with Crippen molar-refractivity contribution in [2.24, 2.45) is 0 Å². The largest absolute Gasteiger partial charge is 0.351 e. The van der Waals surface area contributed by atoms with E-state index in [1.54, 1.807) is 22.6 Å². The van der Waals surface area contributed by atoms with Gasteiger partial charge in [0.05, 0.1) is 11.3 Å². The third kappa shape index (κ3) is 5.54. The van der Waals surface area contributed by atoms with Crippen LogP contribution in [0.25, 0.3) is 0 Å². The number of hydrogen-bond acceptors (Lipinski definition) is 5. The fraction of sp³-hybridized carbons (Fsp3) is 0.625. The normalized spacial score (nSPS) is 16.9. The summed E-state index contributed by atoms with van der Waals surface area (Å²) in [5.74, 6) is 0.105. The number of carbonyl (C=O) groups is 1. The number of nitrogens with zero attached hydrogens (tertiary/aromatic N) is 3. The Hall–Kier alpha value is -1.51. The van der Waals surface area contributed by atoms with Crippen LogP contribution in [-0.2, 0) is 10.0 Å². The van der Waals surface area contributed by atoms with Crippen molar-refractivity contribution >= 4 is 15.9 Å². The van der Waals surface area contributed by atoms with Crippen LogP contribution in [0.1, 0.15) is 30.1 Å². The number of aromatic nitrogens is 1. The number of pyridine rings is 1. The fourth-order valence-corrected chi connectivity index (χ4v) is 4.25. The highest BCUT2D eigenvalue weighted by molar-refractivity contribution is 7.89. The first-order chi connectivity index (χ1) is 11.5. The first kappa shape index (κ1) is 18.8. The third-order valence-electron chi connectivity index (χ3n) is 4.12. The second-order valence-corrected chi connectivity index (χ2v) is 8.00. The maximum absolute atomic E-state index is 12.2. The molecule has 24 heavy (non-hydrogen) atoms. The van der Waals surface area contributed by atoms with Crippen molar-refractivity contribution in [2.75, 3.05) is 45.0 Å². The van der Waals surface area contributed by atoms with E-state index >= 15 is 0 Å². The molecule has 0 radical (unpaired) electrons. The summed E-state index contributed by atoms with van der Waals surface area (Å²) in [6.07, 6.45) is 4.76. The van der Waals surface area contributed by atoms with Gasteiger partial charge < -0.3 is 5.32 Å². The number of unbranched alkanes of at least 4 members (excludes halogenated alkanes) is 1. The van der Waals surface area contributed by atoms with Crippen LogP contribution in [0.4, 0.5) is 0 Å². The monoisotopic (exact) mass is 354 g/mol. The van der Waals surface area contributed by atoms with Crippen molar-refractivity contribution in [2.45, 2.75) is 19.8 Å². The topological polar surface area (TPSA) is 82.6 Å². The number of carbonyl (C=O) groups excluding carboxylic acids is 1. The number of rotatable bonds is 8. The van der Waals surface area contributed by atoms with E-state index in [-0.39, 0.29) is 11.7 Å². The summed E-state index contributed by atoms with van der Waals surface area (Å²) in [6.45, 7) is 5.71. The molecule has 2 rings (SSSR count). The lowest BCUT2D eigenvalue weighted by atomic mass is 10.2. The molecule has 0 aliphatic carbocycles. The number of sulfonamides is 1. The zero-order chi connectivity index (χ0) is 17.4. The van der Waals surface area contributed by atoms with Gasteiger partial charge in [0.15, 0.2) is 0 Å². The summed E-state index contributed by atoms with van der Waals surface area (Å²) >= 11 is 0. The van der Waals surface area contributed by atoms with Gasteiger partial charge >= 0.3 is 0 Å². The van der Waals surface area contributed by atoms with Gasteiger partial charge in [-0.05, 0) is 18.6 Å². The second-order valence-electron chi connectivity index (χ2n) is 5.91. The van der Waals surface area contributed by atoms with Gasteiger partial charge in [0.25, 0.3) is 5.91 Å². The molecule has 0 unspecified atom stereocenters. The molecular weight excluding hydrogens is 328 g/mol. The van der Waals surface area contributed by atoms with E-state index < -0.39 is 10.0 Å². The van der Waals surface area contributed by atoms with Crippen LogP contribution in [0.15, 0.2) is 24.5 Å². The highest BCUT2D eigenvalue weighted by Crippen LogP contribution is 2.09. The van der Waals surface area contributed by atoms with E-state index in [2.05, 4.69) is 15.2 Å². The molecule has 0 bridgehead atoms. The average Bonchev–Trinajstić information content (AvgIpc) is 2.61. The van der Waals surface area contributed by atoms with Crippen LogP contribution in [0.2, 0.25) is 0 Å². The summed E-state index contributed by atoms with van der Waals surface area (Å²) in [5.41, 5.74) is 0.546. The maximum atomic E-state index is 12.2. The van der Waals surface area contributed by atoms with Crippen LogP contribution in [0.5, 0.6) is 0 Å². The van der Waals surface area contributed by atoms with Gasteiger partial charge in [0.1, 0.15) is 0 Å². The lowest BCUT2D eigenvalue weighted by molar-refractivity contribution is 0.0944. The van der Waals surface area contributed by atoms with Gasteiger partial charge in [-0.15, -0.1) is 0 Å². The Kier molecular flexibility index (Phi) is 7.14. The second kappa shape index (κ2) is 9.10. The van der Waals surface area contributed by atoms with E-state index in [9.17, 15) is 13.2 Å². The first-order valence-corrected chi connectivity index (χ1v) is 10.0. The Labute approximate surface area is 144 Å². The Bertz CT molecular complexity index is 613. The highest BCUT2D eigenvalue weighted by atomic mass is 32.2. The zero-order valence-corrected chi connectivity index (χ0v) is 15.0. The molecule has 0 aromatic carbocycles. The standard InChI is InChI=1S/C16H26N4O3S/c1-2-3-13-24(22,23)20-11-9-19(10-12-20)8-7-18-16(21)15-5-4-6-17-14-15/h4-6,14H,2-3,7-13H2,1H3,(H,18,21). The van der Waals surface area contributed by atoms with Crippen LogP contribution in [0.3, 0.4) is 0 Å². The predicted molar refractivity (Wildman–Crippen MR) is 93.3 cm³/mol. The van der Waals surface area contributed by atoms with Crippen molar-refractivity contribution in [1.82, 2.24) is 19.5 Å². The molecular formula is C16H26N4O3S. The van der Waals surface area contributed by atoms with Crippen molar-refractivity contribution in [3.8, 4) is 0 Å². The molecule has 1 fully saturated rings. The van der Waals surface area contributed by atoms with Crippen LogP contribution in [0, 0.1) is 0 Å². The molecule has 7 nitrogen and oxygen atoms in total. The molecule has 1 aromatic rings. The molecule has 1 saturated heterocycles. The van der Waals surface area contributed by atoms with Crippen LogP contribution < -0.4 is 5.32 Å². The molecule has 2 heterocycles. The summed E-state index contributed by atoms with van der Waals surface area (Å²) in [6, 6.07) is 3.45. The van der Waals surface area contributed by atoms with Gasteiger partial charge in [-0.2, -0.15) is 4.31 Å². The predicted octanol–water partition coefficient (Wildman–Crippen LogP) is 0.559. The third-order valence-corrected chi connectivity index (χ3v) is 6.07. The number of piperazine rings is 1. The van der Waals surface area contributed by atoms with Crippen LogP contribution >= 0.6 is 0 Å². The summed E-state index contributed by atoms with van der Waals surface area (Å²) in [7, 11) is -3.11. The number of hydrogen-bond donors (Lipinski definition) is 1. The van der Waals surface area contributed by atoms with Crippen molar-refractivity contribution < 1.29 is 13.2 Å². The number of amides is 1. The maximum Gasteiger partial charge on any atom is 0.252 e. The Balaban J connectivity index is 1.69. The van der Waals surface area contributed by atoms with Gasteiger partial charge in [-0.25, -0.2) is 8.42 Å². The lowest BCUT2D eigenvalue weighted by Crippen LogP contribution is -2.50. The molecule has 1 amide bonds. The van der Waals surface area contributed by atoms with E-state index in [1.165, 1.54) is 6.20 Å². The quantitative estimate of drug-likeness (QED) is 0.738. The molecule has 8 heteroatoms. The van der Waals surface area contributed by atoms with Gasteiger partial charge in [0, 0.05) is 51.7 Å². The van der Waals surface area contributed by atoms with Crippen LogP contribution in [-0.4, -0.2) is 73.5 Å². The Morgan fingerprint density at radius 3 is 2.67 bits per heavy atom. The number of nitrogens with one attached hydrogen (secondary N) is 1. The highest BCUT2D eigenvalue weighted by Gasteiger charge is 2.26. The smallest absolute Gasteiger partial charge is 0.252 e. The Morgan fingerprint density at radius 1 is 1.29 bits per heavy atom.